The minimum absolute atomic E-state index is 0.0321. The molecule has 2 N–H and O–H groups in total. The molecular weight excluding hydrogens is 478 g/mol. The Hall–Kier alpha value is -3.39. The van der Waals surface area contributed by atoms with E-state index in [0.29, 0.717) is 28.4 Å². The van der Waals surface area contributed by atoms with Crippen LogP contribution in [0.25, 0.3) is 11.1 Å². The summed E-state index contributed by atoms with van der Waals surface area (Å²) in [7, 11) is 1.75. The summed E-state index contributed by atoms with van der Waals surface area (Å²) < 4.78 is 7.71. The number of pyridine rings is 1. The van der Waals surface area contributed by atoms with Crippen LogP contribution in [0.4, 0.5) is 0 Å². The summed E-state index contributed by atoms with van der Waals surface area (Å²) in [4.78, 5) is 28.2. The predicted octanol–water partition coefficient (Wildman–Crippen LogP) is 4.41. The van der Waals surface area contributed by atoms with Gasteiger partial charge in [-0.1, -0.05) is 54.1 Å². The van der Waals surface area contributed by atoms with Gasteiger partial charge in [0.25, 0.3) is 5.91 Å². The van der Waals surface area contributed by atoms with Gasteiger partial charge in [-0.3, -0.25) is 14.5 Å². The lowest BCUT2D eigenvalue weighted by atomic mass is 10.0. The molecule has 5 rings (SSSR count). The van der Waals surface area contributed by atoms with Crippen molar-refractivity contribution < 1.29 is 14.3 Å². The van der Waals surface area contributed by atoms with E-state index in [1.165, 1.54) is 6.20 Å². The van der Waals surface area contributed by atoms with Crippen molar-refractivity contribution in [2.45, 2.75) is 38.1 Å². The van der Waals surface area contributed by atoms with Crippen LogP contribution < -0.4 is 10.7 Å². The molecule has 1 fully saturated rings. The van der Waals surface area contributed by atoms with Crippen LogP contribution in [0.2, 0.25) is 5.02 Å². The van der Waals surface area contributed by atoms with Crippen molar-refractivity contribution in [3.05, 3.63) is 105 Å². The monoisotopic (exact) mass is 505 g/mol. The molecule has 0 radical (unpaired) electrons. The number of nitrogens with zero attached hydrogens (tertiary/aromatic N) is 2. The van der Waals surface area contributed by atoms with Crippen molar-refractivity contribution >= 4 is 28.6 Å². The number of rotatable bonds is 7. The average Bonchev–Trinajstić information content (AvgIpc) is 3.54. The molecule has 8 heteroatoms. The molecule has 0 saturated carbocycles. The van der Waals surface area contributed by atoms with E-state index in [1.807, 2.05) is 42.5 Å². The quantitative estimate of drug-likeness (QED) is 0.388. The summed E-state index contributed by atoms with van der Waals surface area (Å²) in [6, 6.07) is 18.5. The molecule has 36 heavy (non-hydrogen) atoms. The minimum atomic E-state index is -0.597. The van der Waals surface area contributed by atoms with Gasteiger partial charge in [-0.05, 0) is 48.7 Å². The van der Waals surface area contributed by atoms with Gasteiger partial charge in [-0.25, -0.2) is 0 Å². The van der Waals surface area contributed by atoms with Crippen molar-refractivity contribution in [1.29, 1.82) is 0 Å². The van der Waals surface area contributed by atoms with E-state index in [4.69, 9.17) is 16.0 Å². The summed E-state index contributed by atoms with van der Waals surface area (Å²) in [5.41, 5.74) is 1.89. The number of aliphatic hydroxyl groups excluding tert-OH is 1. The Bertz CT molecular complexity index is 1430. The number of carbonyl (C=O) groups excluding carboxylic acids is 1. The second-order valence-corrected chi connectivity index (χ2v) is 9.70. The van der Waals surface area contributed by atoms with Crippen LogP contribution in [0, 0.1) is 0 Å². The van der Waals surface area contributed by atoms with Crippen LogP contribution >= 0.6 is 11.6 Å². The van der Waals surface area contributed by atoms with E-state index in [0.717, 1.165) is 30.5 Å². The molecule has 2 aromatic heterocycles. The number of hydrogen-bond acceptors (Lipinski definition) is 5. The van der Waals surface area contributed by atoms with Gasteiger partial charge in [0.1, 0.15) is 11.3 Å². The summed E-state index contributed by atoms with van der Waals surface area (Å²) in [6.07, 6.45) is 2.77. The Morgan fingerprint density at radius 2 is 1.94 bits per heavy atom. The van der Waals surface area contributed by atoms with Crippen molar-refractivity contribution in [3.8, 4) is 0 Å². The largest absolute Gasteiger partial charge is 0.443 e. The van der Waals surface area contributed by atoms with Crippen LogP contribution in [0.5, 0.6) is 0 Å². The molecule has 2 atom stereocenters. The number of amides is 1. The zero-order chi connectivity index (χ0) is 25.2. The number of nitrogens with one attached hydrogen (secondary N) is 1. The first-order valence-electron chi connectivity index (χ1n) is 12.0. The SMILES string of the molecule is Cn1cc(C(=O)NCc2ccc(Cl)cc2)c(=O)c2cc(CN3CCCC3C(O)c3ccccc3)oc21. The van der Waals surface area contributed by atoms with E-state index in [1.54, 1.807) is 29.8 Å². The third-order valence-electron chi connectivity index (χ3n) is 6.79. The van der Waals surface area contributed by atoms with Gasteiger partial charge in [0.15, 0.2) is 0 Å². The molecule has 3 heterocycles. The molecule has 186 valence electrons. The molecular formula is C28H28ClN3O4. The first-order valence-corrected chi connectivity index (χ1v) is 12.4. The third-order valence-corrected chi connectivity index (χ3v) is 7.04. The van der Waals surface area contributed by atoms with Gasteiger partial charge in [0.2, 0.25) is 11.1 Å². The second kappa shape index (κ2) is 10.3. The van der Waals surface area contributed by atoms with Crippen LogP contribution in [-0.2, 0) is 20.1 Å². The lowest BCUT2D eigenvalue weighted by Gasteiger charge is -2.28. The van der Waals surface area contributed by atoms with E-state index in [9.17, 15) is 14.7 Å². The molecule has 1 aliphatic rings. The molecule has 1 saturated heterocycles. The van der Waals surface area contributed by atoms with Crippen molar-refractivity contribution in [1.82, 2.24) is 14.8 Å². The topological polar surface area (TPSA) is 87.7 Å². The fraction of sp³-hybridized carbons (Fsp3) is 0.286. The normalized spacial score (nSPS) is 16.9. The Kier molecular flexibility index (Phi) is 6.96. The fourth-order valence-corrected chi connectivity index (χ4v) is 5.04. The lowest BCUT2D eigenvalue weighted by molar-refractivity contribution is 0.0656. The molecule has 4 aromatic rings. The minimum Gasteiger partial charge on any atom is -0.443 e. The predicted molar refractivity (Wildman–Crippen MR) is 139 cm³/mol. The Balaban J connectivity index is 1.34. The Labute approximate surface area is 213 Å². The zero-order valence-corrected chi connectivity index (χ0v) is 20.7. The van der Waals surface area contributed by atoms with E-state index < -0.39 is 12.0 Å². The van der Waals surface area contributed by atoms with E-state index >= 15 is 0 Å². The van der Waals surface area contributed by atoms with Gasteiger partial charge < -0.3 is 19.4 Å². The smallest absolute Gasteiger partial charge is 0.257 e. The summed E-state index contributed by atoms with van der Waals surface area (Å²) in [5.74, 6) is 0.185. The van der Waals surface area contributed by atoms with Gasteiger partial charge in [-0.15, -0.1) is 0 Å². The van der Waals surface area contributed by atoms with Gasteiger partial charge >= 0.3 is 0 Å². The number of aromatic nitrogens is 1. The van der Waals surface area contributed by atoms with Crippen LogP contribution in [-0.4, -0.2) is 33.1 Å². The Morgan fingerprint density at radius 1 is 1.19 bits per heavy atom. The van der Waals surface area contributed by atoms with Crippen molar-refractivity contribution in [2.24, 2.45) is 7.05 Å². The molecule has 2 unspecified atom stereocenters. The highest BCUT2D eigenvalue weighted by Gasteiger charge is 2.32. The number of aryl methyl sites for hydroxylation is 1. The zero-order valence-electron chi connectivity index (χ0n) is 20.0. The third kappa shape index (κ3) is 4.95. The lowest BCUT2D eigenvalue weighted by Crippen LogP contribution is -2.33. The first-order chi connectivity index (χ1) is 17.4. The summed E-state index contributed by atoms with van der Waals surface area (Å²) in [6.45, 7) is 1.59. The number of hydrogen-bond donors (Lipinski definition) is 2. The summed E-state index contributed by atoms with van der Waals surface area (Å²) in [5, 5.41) is 14.8. The van der Waals surface area contributed by atoms with Crippen LogP contribution in [0.1, 0.15) is 46.2 Å². The average molecular weight is 506 g/mol. The first kappa shape index (κ1) is 24.3. The number of carbonyl (C=O) groups is 1. The summed E-state index contributed by atoms with van der Waals surface area (Å²) >= 11 is 5.92. The molecule has 0 aliphatic carbocycles. The maximum Gasteiger partial charge on any atom is 0.257 e. The standard InChI is InChI=1S/C28H28ClN3O4/c1-31-17-23(27(35)30-15-18-9-11-20(29)12-10-18)26(34)22-14-21(36-28(22)31)16-32-13-5-8-24(32)25(33)19-6-3-2-4-7-19/h2-4,6-7,9-12,14,17,24-25,33H,5,8,13,15-16H2,1H3,(H,30,35). The highest BCUT2D eigenvalue weighted by atomic mass is 35.5. The van der Waals surface area contributed by atoms with Gasteiger partial charge in [-0.2, -0.15) is 0 Å². The number of furan rings is 1. The van der Waals surface area contributed by atoms with E-state index in [2.05, 4.69) is 10.2 Å². The molecule has 0 bridgehead atoms. The molecule has 1 amide bonds. The maximum absolute atomic E-state index is 13.2. The van der Waals surface area contributed by atoms with Gasteiger partial charge in [0, 0.05) is 30.9 Å². The van der Waals surface area contributed by atoms with Crippen molar-refractivity contribution in [3.63, 3.8) is 0 Å². The number of halogens is 1. The van der Waals surface area contributed by atoms with Crippen LogP contribution in [0.15, 0.2) is 76.1 Å². The Morgan fingerprint density at radius 3 is 2.69 bits per heavy atom. The second-order valence-electron chi connectivity index (χ2n) is 9.26. The van der Waals surface area contributed by atoms with E-state index in [-0.39, 0.29) is 23.6 Å². The highest BCUT2D eigenvalue weighted by Crippen LogP contribution is 2.31. The highest BCUT2D eigenvalue weighted by molar-refractivity contribution is 6.30. The molecule has 2 aromatic carbocycles. The molecule has 1 aliphatic heterocycles. The van der Waals surface area contributed by atoms with Gasteiger partial charge in [0.05, 0.1) is 18.0 Å². The number of benzene rings is 2. The number of aliphatic hydroxyl groups is 1. The number of likely N-dealkylation sites (tertiary alicyclic amines) is 1. The number of fused-ring (bicyclic) bond motifs is 1. The molecule has 7 nitrogen and oxygen atoms in total. The maximum atomic E-state index is 13.2. The fourth-order valence-electron chi connectivity index (χ4n) is 4.91. The van der Waals surface area contributed by atoms with Crippen LogP contribution in [0.3, 0.4) is 0 Å². The van der Waals surface area contributed by atoms with Crippen molar-refractivity contribution in [2.75, 3.05) is 6.54 Å². The molecule has 0 spiro atoms.